The number of aryl methyl sites for hydroxylation is 1. The molecule has 2 aromatic heterocycles. The summed E-state index contributed by atoms with van der Waals surface area (Å²) in [4.78, 5) is 32.7. The number of hydrogen-bond acceptors (Lipinski definition) is 3. The standard InChI is InChI=1S/C14H12N4O2/c1-8-3-2-4-11(15-8)13(19)16-9-5-6-10-12(7-9)18-14(20)17-10/h2-7H,1H3,(H,16,19)(H2,17,18,20). The molecule has 6 heteroatoms. The highest BCUT2D eigenvalue weighted by Gasteiger charge is 2.08. The summed E-state index contributed by atoms with van der Waals surface area (Å²) in [5.41, 5.74) is 2.80. The van der Waals surface area contributed by atoms with Gasteiger partial charge in [0.05, 0.1) is 11.0 Å². The molecule has 0 unspecified atom stereocenters. The second kappa shape index (κ2) is 4.65. The number of amides is 1. The molecule has 0 atom stereocenters. The number of rotatable bonds is 2. The summed E-state index contributed by atoms with van der Waals surface area (Å²) in [6.07, 6.45) is 0. The molecule has 3 rings (SSSR count). The number of nitrogens with one attached hydrogen (secondary N) is 3. The van der Waals surface area contributed by atoms with E-state index < -0.39 is 0 Å². The highest BCUT2D eigenvalue weighted by atomic mass is 16.2. The van der Waals surface area contributed by atoms with Gasteiger partial charge in [-0.2, -0.15) is 0 Å². The molecule has 3 aromatic rings. The van der Waals surface area contributed by atoms with Crippen molar-refractivity contribution in [2.24, 2.45) is 0 Å². The van der Waals surface area contributed by atoms with Crippen LogP contribution in [0, 0.1) is 6.92 Å². The predicted octanol–water partition coefficient (Wildman–Crippen LogP) is 1.81. The molecule has 0 saturated carbocycles. The molecular formula is C14H12N4O2. The zero-order valence-corrected chi connectivity index (χ0v) is 10.7. The largest absolute Gasteiger partial charge is 0.323 e. The van der Waals surface area contributed by atoms with E-state index in [0.717, 1.165) is 5.69 Å². The summed E-state index contributed by atoms with van der Waals surface area (Å²) in [7, 11) is 0. The van der Waals surface area contributed by atoms with Crippen LogP contribution >= 0.6 is 0 Å². The van der Waals surface area contributed by atoms with E-state index in [-0.39, 0.29) is 11.6 Å². The summed E-state index contributed by atoms with van der Waals surface area (Å²) in [6, 6.07) is 10.4. The van der Waals surface area contributed by atoms with E-state index in [1.165, 1.54) is 0 Å². The van der Waals surface area contributed by atoms with Gasteiger partial charge in [-0.25, -0.2) is 9.78 Å². The van der Waals surface area contributed by atoms with Gasteiger partial charge in [0, 0.05) is 11.4 Å². The molecule has 2 heterocycles. The summed E-state index contributed by atoms with van der Waals surface area (Å²) >= 11 is 0. The number of carbonyl (C=O) groups excluding carboxylic acids is 1. The van der Waals surface area contributed by atoms with E-state index in [9.17, 15) is 9.59 Å². The SMILES string of the molecule is Cc1cccc(C(=O)Nc2ccc3[nH]c(=O)[nH]c3c2)n1. The highest BCUT2D eigenvalue weighted by molar-refractivity contribution is 6.03. The number of anilines is 1. The summed E-state index contributed by atoms with van der Waals surface area (Å²) in [6.45, 7) is 1.83. The number of carbonyl (C=O) groups is 1. The maximum atomic E-state index is 12.1. The maximum Gasteiger partial charge on any atom is 0.323 e. The van der Waals surface area contributed by atoms with E-state index >= 15 is 0 Å². The van der Waals surface area contributed by atoms with Crippen LogP contribution in [0.15, 0.2) is 41.2 Å². The number of hydrogen-bond donors (Lipinski definition) is 3. The van der Waals surface area contributed by atoms with Gasteiger partial charge >= 0.3 is 5.69 Å². The fourth-order valence-corrected chi connectivity index (χ4v) is 1.97. The Labute approximate surface area is 113 Å². The van der Waals surface area contributed by atoms with E-state index in [1.807, 2.05) is 13.0 Å². The van der Waals surface area contributed by atoms with Crippen molar-refractivity contribution in [1.29, 1.82) is 0 Å². The Hall–Kier alpha value is -2.89. The van der Waals surface area contributed by atoms with Gasteiger partial charge < -0.3 is 15.3 Å². The number of H-pyrrole nitrogens is 2. The first-order chi connectivity index (χ1) is 9.61. The van der Waals surface area contributed by atoms with Crippen molar-refractivity contribution in [3.63, 3.8) is 0 Å². The van der Waals surface area contributed by atoms with Gasteiger partial charge in [-0.05, 0) is 37.3 Å². The first kappa shape index (κ1) is 12.2. The van der Waals surface area contributed by atoms with Crippen LogP contribution in [-0.4, -0.2) is 20.9 Å². The molecule has 0 spiro atoms. The maximum absolute atomic E-state index is 12.1. The van der Waals surface area contributed by atoms with Crippen molar-refractivity contribution < 1.29 is 4.79 Å². The first-order valence-electron chi connectivity index (χ1n) is 6.09. The van der Waals surface area contributed by atoms with Crippen LogP contribution in [0.25, 0.3) is 11.0 Å². The van der Waals surface area contributed by atoms with Crippen LogP contribution in [-0.2, 0) is 0 Å². The van der Waals surface area contributed by atoms with Gasteiger partial charge in [-0.15, -0.1) is 0 Å². The van der Waals surface area contributed by atoms with Crippen molar-refractivity contribution in [2.45, 2.75) is 6.92 Å². The predicted molar refractivity (Wildman–Crippen MR) is 75.8 cm³/mol. The quantitative estimate of drug-likeness (QED) is 0.662. The van der Waals surface area contributed by atoms with Crippen molar-refractivity contribution in [2.75, 3.05) is 5.32 Å². The molecule has 1 amide bonds. The third kappa shape index (κ3) is 2.31. The van der Waals surface area contributed by atoms with E-state index in [1.54, 1.807) is 30.3 Å². The molecule has 0 bridgehead atoms. The van der Waals surface area contributed by atoms with Gasteiger partial charge in [-0.1, -0.05) is 6.07 Å². The topological polar surface area (TPSA) is 90.6 Å². The van der Waals surface area contributed by atoms with Crippen LogP contribution in [0.5, 0.6) is 0 Å². The minimum absolute atomic E-state index is 0.274. The number of fused-ring (bicyclic) bond motifs is 1. The second-order valence-corrected chi connectivity index (χ2v) is 4.46. The molecule has 3 N–H and O–H groups in total. The van der Waals surface area contributed by atoms with E-state index in [2.05, 4.69) is 20.3 Å². The van der Waals surface area contributed by atoms with Crippen molar-refractivity contribution >= 4 is 22.6 Å². The lowest BCUT2D eigenvalue weighted by Gasteiger charge is -2.05. The fraction of sp³-hybridized carbons (Fsp3) is 0.0714. The van der Waals surface area contributed by atoms with Crippen molar-refractivity contribution in [3.05, 3.63) is 58.3 Å². The zero-order chi connectivity index (χ0) is 14.1. The molecule has 1 aromatic carbocycles. The lowest BCUT2D eigenvalue weighted by molar-refractivity contribution is 0.102. The lowest BCUT2D eigenvalue weighted by atomic mass is 10.2. The fourth-order valence-electron chi connectivity index (χ4n) is 1.97. The number of imidazole rings is 1. The number of aromatic amines is 2. The molecule has 0 aliphatic carbocycles. The normalized spacial score (nSPS) is 10.7. The van der Waals surface area contributed by atoms with Gasteiger partial charge in [0.1, 0.15) is 5.69 Å². The van der Waals surface area contributed by atoms with Gasteiger partial charge in [0.15, 0.2) is 0 Å². The molecule has 6 nitrogen and oxygen atoms in total. The van der Waals surface area contributed by atoms with Crippen molar-refractivity contribution in [3.8, 4) is 0 Å². The average molecular weight is 268 g/mol. The smallest absolute Gasteiger partial charge is 0.321 e. The van der Waals surface area contributed by atoms with Gasteiger partial charge in [0.2, 0.25) is 0 Å². The number of aromatic nitrogens is 3. The zero-order valence-electron chi connectivity index (χ0n) is 10.7. The third-order valence-electron chi connectivity index (χ3n) is 2.89. The monoisotopic (exact) mass is 268 g/mol. The van der Waals surface area contributed by atoms with E-state index in [4.69, 9.17) is 0 Å². The molecule has 0 aliphatic heterocycles. The van der Waals surface area contributed by atoms with Gasteiger partial charge in [-0.3, -0.25) is 4.79 Å². The third-order valence-corrected chi connectivity index (χ3v) is 2.89. The highest BCUT2D eigenvalue weighted by Crippen LogP contribution is 2.15. The minimum atomic E-state index is -0.286. The Morgan fingerprint density at radius 1 is 1.15 bits per heavy atom. The van der Waals surface area contributed by atoms with Crippen molar-refractivity contribution in [1.82, 2.24) is 15.0 Å². The Balaban J connectivity index is 1.88. The Bertz CT molecular complexity index is 848. The molecule has 0 aliphatic rings. The molecule has 0 fully saturated rings. The summed E-state index contributed by atoms with van der Waals surface area (Å²) in [5, 5.41) is 2.75. The summed E-state index contributed by atoms with van der Waals surface area (Å²) < 4.78 is 0. The van der Waals surface area contributed by atoms with Crippen LogP contribution < -0.4 is 11.0 Å². The Kier molecular flexibility index (Phi) is 2.83. The molecular weight excluding hydrogens is 256 g/mol. The number of benzene rings is 1. The van der Waals surface area contributed by atoms with Crippen LogP contribution in [0.4, 0.5) is 5.69 Å². The molecule has 100 valence electrons. The molecule has 20 heavy (non-hydrogen) atoms. The Morgan fingerprint density at radius 3 is 2.75 bits per heavy atom. The van der Waals surface area contributed by atoms with Crippen LogP contribution in [0.3, 0.4) is 0 Å². The number of nitrogens with zero attached hydrogens (tertiary/aromatic N) is 1. The number of pyridine rings is 1. The van der Waals surface area contributed by atoms with E-state index in [0.29, 0.717) is 22.4 Å². The molecule has 0 saturated heterocycles. The Morgan fingerprint density at radius 2 is 1.95 bits per heavy atom. The van der Waals surface area contributed by atoms with Crippen LogP contribution in [0.1, 0.15) is 16.2 Å². The second-order valence-electron chi connectivity index (χ2n) is 4.46. The summed E-state index contributed by atoms with van der Waals surface area (Å²) in [5.74, 6) is -0.286. The molecule has 0 radical (unpaired) electrons. The first-order valence-corrected chi connectivity index (χ1v) is 6.09. The average Bonchev–Trinajstić information content (AvgIpc) is 2.78. The van der Waals surface area contributed by atoms with Crippen LogP contribution in [0.2, 0.25) is 0 Å². The lowest BCUT2D eigenvalue weighted by Crippen LogP contribution is -2.13. The van der Waals surface area contributed by atoms with Gasteiger partial charge in [0.25, 0.3) is 5.91 Å². The minimum Gasteiger partial charge on any atom is -0.321 e.